The Hall–Kier alpha value is -1.23. The van der Waals surface area contributed by atoms with Gasteiger partial charge in [-0.15, -0.1) is 0 Å². The summed E-state index contributed by atoms with van der Waals surface area (Å²) < 4.78 is 0. The zero-order chi connectivity index (χ0) is 11.4. The molecular formula is C11H15N3OS. The minimum atomic E-state index is -0.487. The van der Waals surface area contributed by atoms with Gasteiger partial charge in [0.15, 0.2) is 0 Å². The molecule has 0 aromatic carbocycles. The van der Waals surface area contributed by atoms with Crippen molar-refractivity contribution in [1.82, 2.24) is 4.98 Å². The molecule has 1 fully saturated rings. The van der Waals surface area contributed by atoms with Crippen LogP contribution >= 0.6 is 11.8 Å². The first-order valence-electron chi connectivity index (χ1n) is 5.37. The lowest BCUT2D eigenvalue weighted by Crippen LogP contribution is -2.16. The number of carbonyl (C=O) groups excluding carboxylic acids is 1. The van der Waals surface area contributed by atoms with Crippen molar-refractivity contribution in [2.75, 3.05) is 17.6 Å². The Morgan fingerprint density at radius 3 is 3.25 bits per heavy atom. The molecule has 4 nitrogen and oxygen atoms in total. The summed E-state index contributed by atoms with van der Waals surface area (Å²) in [4.78, 5) is 14.8. The van der Waals surface area contributed by atoms with Gasteiger partial charge in [0.25, 0.3) is 5.91 Å². The van der Waals surface area contributed by atoms with E-state index in [4.69, 9.17) is 5.73 Å². The molecule has 1 amide bonds. The van der Waals surface area contributed by atoms with E-state index < -0.39 is 5.91 Å². The summed E-state index contributed by atoms with van der Waals surface area (Å²) in [6.07, 6.45) is 4.18. The van der Waals surface area contributed by atoms with Gasteiger partial charge in [-0.1, -0.05) is 0 Å². The molecule has 0 bridgehead atoms. The first kappa shape index (κ1) is 11.3. The largest absolute Gasteiger partial charge is 0.384 e. The van der Waals surface area contributed by atoms with Crippen molar-refractivity contribution < 1.29 is 4.79 Å². The monoisotopic (exact) mass is 237 g/mol. The Balaban J connectivity index is 1.93. The molecule has 2 rings (SSSR count). The van der Waals surface area contributed by atoms with Crippen LogP contribution < -0.4 is 11.1 Å². The Morgan fingerprint density at radius 2 is 2.56 bits per heavy atom. The van der Waals surface area contributed by atoms with Crippen molar-refractivity contribution in [3.63, 3.8) is 0 Å². The number of nitrogens with zero attached hydrogens (tertiary/aromatic N) is 1. The second kappa shape index (κ2) is 5.21. The fraction of sp³-hybridized carbons (Fsp3) is 0.455. The van der Waals surface area contributed by atoms with Crippen molar-refractivity contribution in [3.05, 3.63) is 24.0 Å². The zero-order valence-corrected chi connectivity index (χ0v) is 9.80. The number of anilines is 1. The average Bonchev–Trinajstić information content (AvgIpc) is 2.79. The van der Waals surface area contributed by atoms with Gasteiger partial charge >= 0.3 is 0 Å². The summed E-state index contributed by atoms with van der Waals surface area (Å²) in [6, 6.07) is 3.55. The van der Waals surface area contributed by atoms with E-state index in [0.29, 0.717) is 10.9 Å². The SMILES string of the molecule is NC(=O)c1cc(NCC2CCCS2)ccn1. The number of nitrogens with two attached hydrogens (primary N) is 1. The van der Waals surface area contributed by atoms with E-state index in [1.54, 1.807) is 12.3 Å². The third-order valence-electron chi connectivity index (χ3n) is 2.57. The molecule has 1 saturated heterocycles. The number of rotatable bonds is 4. The highest BCUT2D eigenvalue weighted by atomic mass is 32.2. The standard InChI is InChI=1S/C11H15N3OS/c12-11(15)10-6-8(3-4-13-10)14-7-9-2-1-5-16-9/h3-4,6,9H,1-2,5,7H2,(H2,12,15)(H,13,14). The summed E-state index contributed by atoms with van der Waals surface area (Å²) in [7, 11) is 0. The smallest absolute Gasteiger partial charge is 0.267 e. The summed E-state index contributed by atoms with van der Waals surface area (Å²) in [5.74, 6) is 0.772. The van der Waals surface area contributed by atoms with Crippen LogP contribution in [0.1, 0.15) is 23.3 Å². The summed E-state index contributed by atoms with van der Waals surface area (Å²) in [5.41, 5.74) is 6.39. The molecule has 2 heterocycles. The van der Waals surface area contributed by atoms with E-state index >= 15 is 0 Å². The predicted octanol–water partition coefficient (Wildman–Crippen LogP) is 1.49. The molecule has 1 aliphatic rings. The van der Waals surface area contributed by atoms with Crippen LogP contribution in [0.2, 0.25) is 0 Å². The molecule has 3 N–H and O–H groups in total. The van der Waals surface area contributed by atoms with E-state index in [1.807, 2.05) is 17.8 Å². The molecule has 1 atom stereocenters. The first-order valence-corrected chi connectivity index (χ1v) is 6.42. The second-order valence-electron chi connectivity index (χ2n) is 3.81. The number of hydrogen-bond acceptors (Lipinski definition) is 4. The molecule has 5 heteroatoms. The maximum Gasteiger partial charge on any atom is 0.267 e. The van der Waals surface area contributed by atoms with Gasteiger partial charge in [-0.25, -0.2) is 0 Å². The summed E-state index contributed by atoms with van der Waals surface area (Å²) in [6.45, 7) is 0.937. The summed E-state index contributed by atoms with van der Waals surface area (Å²) >= 11 is 2.00. The van der Waals surface area contributed by atoms with Crippen molar-refractivity contribution in [3.8, 4) is 0 Å². The molecule has 1 aromatic heterocycles. The molecule has 0 spiro atoms. The number of nitrogens with one attached hydrogen (secondary N) is 1. The van der Waals surface area contributed by atoms with Gasteiger partial charge in [0.2, 0.25) is 0 Å². The van der Waals surface area contributed by atoms with Gasteiger partial charge in [0.05, 0.1) is 0 Å². The van der Waals surface area contributed by atoms with Crippen molar-refractivity contribution in [2.45, 2.75) is 18.1 Å². The Labute approximate surface area is 99.0 Å². The van der Waals surface area contributed by atoms with Crippen LogP contribution in [0.15, 0.2) is 18.3 Å². The van der Waals surface area contributed by atoms with Gasteiger partial charge in [-0.05, 0) is 30.7 Å². The highest BCUT2D eigenvalue weighted by molar-refractivity contribution is 8.00. The van der Waals surface area contributed by atoms with Crippen LogP contribution in [0.3, 0.4) is 0 Å². The van der Waals surface area contributed by atoms with E-state index in [1.165, 1.54) is 18.6 Å². The van der Waals surface area contributed by atoms with Gasteiger partial charge in [0, 0.05) is 23.7 Å². The molecular weight excluding hydrogens is 222 g/mol. The maximum absolute atomic E-state index is 10.9. The molecule has 0 aliphatic carbocycles. The van der Waals surface area contributed by atoms with Crippen LogP contribution in [-0.2, 0) is 0 Å². The molecule has 16 heavy (non-hydrogen) atoms. The van der Waals surface area contributed by atoms with Crippen LogP contribution in [0, 0.1) is 0 Å². The molecule has 86 valence electrons. The lowest BCUT2D eigenvalue weighted by molar-refractivity contribution is 0.0995. The lowest BCUT2D eigenvalue weighted by atomic mass is 10.2. The molecule has 1 aliphatic heterocycles. The van der Waals surface area contributed by atoms with Crippen LogP contribution in [0.4, 0.5) is 5.69 Å². The number of pyridine rings is 1. The van der Waals surface area contributed by atoms with E-state index in [-0.39, 0.29) is 0 Å². The lowest BCUT2D eigenvalue weighted by Gasteiger charge is -2.11. The highest BCUT2D eigenvalue weighted by Crippen LogP contribution is 2.26. The number of aromatic nitrogens is 1. The average molecular weight is 237 g/mol. The summed E-state index contributed by atoms with van der Waals surface area (Å²) in [5, 5.41) is 4.00. The highest BCUT2D eigenvalue weighted by Gasteiger charge is 2.15. The van der Waals surface area contributed by atoms with Gasteiger partial charge in [-0.3, -0.25) is 9.78 Å². The predicted molar refractivity (Wildman–Crippen MR) is 66.7 cm³/mol. The fourth-order valence-corrected chi connectivity index (χ4v) is 2.91. The van der Waals surface area contributed by atoms with Crippen molar-refractivity contribution >= 4 is 23.4 Å². The molecule has 1 unspecified atom stereocenters. The number of thioether (sulfide) groups is 1. The van der Waals surface area contributed by atoms with Gasteiger partial charge in [-0.2, -0.15) is 11.8 Å². The van der Waals surface area contributed by atoms with Gasteiger partial charge < -0.3 is 11.1 Å². The van der Waals surface area contributed by atoms with Crippen molar-refractivity contribution in [1.29, 1.82) is 0 Å². The molecule has 1 aromatic rings. The molecule has 0 radical (unpaired) electrons. The Bertz CT molecular complexity index is 377. The topological polar surface area (TPSA) is 68.0 Å². The number of amides is 1. The van der Waals surface area contributed by atoms with E-state index in [9.17, 15) is 4.79 Å². The number of primary amides is 1. The minimum Gasteiger partial charge on any atom is -0.384 e. The van der Waals surface area contributed by atoms with Crippen LogP contribution in [0.25, 0.3) is 0 Å². The third-order valence-corrected chi connectivity index (χ3v) is 3.97. The van der Waals surface area contributed by atoms with E-state index in [0.717, 1.165) is 12.2 Å². The van der Waals surface area contributed by atoms with E-state index in [2.05, 4.69) is 10.3 Å². The maximum atomic E-state index is 10.9. The third kappa shape index (κ3) is 2.88. The fourth-order valence-electron chi connectivity index (χ4n) is 1.71. The Kier molecular flexibility index (Phi) is 3.66. The zero-order valence-electron chi connectivity index (χ0n) is 8.98. The second-order valence-corrected chi connectivity index (χ2v) is 5.22. The molecule has 0 saturated carbocycles. The van der Waals surface area contributed by atoms with Crippen molar-refractivity contribution in [2.24, 2.45) is 5.73 Å². The Morgan fingerprint density at radius 1 is 1.69 bits per heavy atom. The first-order chi connectivity index (χ1) is 7.75. The number of hydrogen-bond donors (Lipinski definition) is 2. The quantitative estimate of drug-likeness (QED) is 0.832. The van der Waals surface area contributed by atoms with Gasteiger partial charge in [0.1, 0.15) is 5.69 Å². The van der Waals surface area contributed by atoms with Crippen LogP contribution in [-0.4, -0.2) is 28.4 Å². The van der Waals surface area contributed by atoms with Crippen LogP contribution in [0.5, 0.6) is 0 Å². The minimum absolute atomic E-state index is 0.309. The normalized spacial score (nSPS) is 19.6. The number of carbonyl (C=O) groups is 1.